The van der Waals surface area contributed by atoms with E-state index in [0.29, 0.717) is 34.8 Å². The first kappa shape index (κ1) is 29.1. The van der Waals surface area contributed by atoms with Crippen molar-refractivity contribution in [3.05, 3.63) is 52.9 Å². The summed E-state index contributed by atoms with van der Waals surface area (Å²) in [4.78, 5) is 24.6. The molecular weight excluding hydrogens is 550 g/mol. The molecule has 1 aromatic heterocycles. The van der Waals surface area contributed by atoms with Gasteiger partial charge in [0.15, 0.2) is 11.9 Å². The van der Waals surface area contributed by atoms with Gasteiger partial charge < -0.3 is 19.7 Å². The molecule has 0 bridgehead atoms. The molecule has 1 aliphatic carbocycles. The minimum atomic E-state index is -0.408. The number of nitrogens with one attached hydrogen (secondary N) is 1. The summed E-state index contributed by atoms with van der Waals surface area (Å²) in [6.45, 7) is 6.14. The molecule has 12 heteroatoms. The Morgan fingerprint density at radius 3 is 2.68 bits per heavy atom. The summed E-state index contributed by atoms with van der Waals surface area (Å²) in [6, 6.07) is 8.08. The lowest BCUT2D eigenvalue weighted by Crippen LogP contribution is -2.64. The Morgan fingerprint density at radius 2 is 2.02 bits per heavy atom. The fourth-order valence-electron chi connectivity index (χ4n) is 5.79. The van der Waals surface area contributed by atoms with Crippen molar-refractivity contribution >= 4 is 29.1 Å². The first-order valence-electron chi connectivity index (χ1n) is 13.8. The highest BCUT2D eigenvalue weighted by molar-refractivity contribution is 7.14. The molecule has 3 fully saturated rings. The number of nitriles is 1. The maximum atomic E-state index is 13.5. The average molecular weight is 585 g/mol. The van der Waals surface area contributed by atoms with Crippen LogP contribution in [0.15, 0.2) is 41.4 Å². The van der Waals surface area contributed by atoms with E-state index in [2.05, 4.69) is 15.2 Å². The molecule has 2 saturated heterocycles. The van der Waals surface area contributed by atoms with Gasteiger partial charge in [0.05, 0.1) is 12.0 Å². The van der Waals surface area contributed by atoms with Crippen LogP contribution >= 0.6 is 11.3 Å². The van der Waals surface area contributed by atoms with E-state index in [-0.39, 0.29) is 47.4 Å². The van der Waals surface area contributed by atoms with Crippen LogP contribution in [0.2, 0.25) is 0 Å². The number of rotatable bonds is 8. The normalized spacial score (nSPS) is 24.7. The molecule has 6 rings (SSSR count). The highest BCUT2D eigenvalue weighted by Gasteiger charge is 2.54. The van der Waals surface area contributed by atoms with Gasteiger partial charge in [0.1, 0.15) is 16.9 Å². The number of thiazole rings is 1. The Bertz CT molecular complexity index is 1310. The van der Waals surface area contributed by atoms with Crippen molar-refractivity contribution in [2.75, 3.05) is 37.7 Å². The zero-order valence-electron chi connectivity index (χ0n) is 23.1. The molecule has 3 atom stereocenters. The number of hydrogen-bond acceptors (Lipinski definition) is 9. The predicted octanol–water partition coefficient (Wildman–Crippen LogP) is 4.64. The van der Waals surface area contributed by atoms with Crippen LogP contribution < -0.4 is 15.0 Å². The Morgan fingerprint density at radius 1 is 1.29 bits per heavy atom. The van der Waals surface area contributed by atoms with Crippen LogP contribution in [0.5, 0.6) is 5.06 Å². The second-order valence-electron chi connectivity index (χ2n) is 10.8. The Hall–Kier alpha value is -3.40. The number of amides is 1. The Kier molecular flexibility index (Phi) is 8.97. The molecule has 218 valence electrons. The summed E-state index contributed by atoms with van der Waals surface area (Å²) in [6.07, 6.45) is 7.44. The highest BCUT2D eigenvalue weighted by atomic mass is 32.1. The third-order valence-corrected chi connectivity index (χ3v) is 8.76. The quantitative estimate of drug-likeness (QED) is 0.451. The summed E-state index contributed by atoms with van der Waals surface area (Å²) in [5.74, 6) is -0.799. The van der Waals surface area contributed by atoms with Gasteiger partial charge in [0, 0.05) is 63.1 Å². The third kappa shape index (κ3) is 6.58. The summed E-state index contributed by atoms with van der Waals surface area (Å²) in [5, 5.41) is 12.2. The number of allylic oxidation sites excluding steroid dienone is 1. The van der Waals surface area contributed by atoms with Crippen LogP contribution in [0.3, 0.4) is 0 Å². The van der Waals surface area contributed by atoms with Crippen LogP contribution in [0.1, 0.15) is 54.5 Å². The third-order valence-electron chi connectivity index (χ3n) is 7.71. The molecule has 1 saturated carbocycles. The predicted molar refractivity (Wildman–Crippen MR) is 152 cm³/mol. The van der Waals surface area contributed by atoms with Gasteiger partial charge >= 0.3 is 0 Å². The summed E-state index contributed by atoms with van der Waals surface area (Å²) in [7, 11) is 0. The number of aromatic nitrogens is 1. The van der Waals surface area contributed by atoms with Crippen LogP contribution in [0.4, 0.5) is 14.6 Å². The lowest BCUT2D eigenvalue weighted by molar-refractivity contribution is -0.0325. The van der Waals surface area contributed by atoms with Gasteiger partial charge in [0.2, 0.25) is 5.06 Å². The smallest absolute Gasteiger partial charge is 0.274 e. The summed E-state index contributed by atoms with van der Waals surface area (Å²) < 4.78 is 39.0. The molecule has 4 heterocycles. The standard InChI is InChI=1S/C27H31F2N5O3S.C2H3N/c1-2-36-24-21(4-3-10-30-24)25-32-22(23(35)31-18-9-11-34(29)14-18)26(38-25)37-20-12-27(13-20)15-33(16-27)19-7-5-17(28)6-8-19;1-2-3/h3-8,10,18,20-21,24H,2,9,11-16H2,1H3,(H,31,35);1H3. The lowest BCUT2D eigenvalue weighted by atomic mass is 9.61. The maximum absolute atomic E-state index is 13.5. The average Bonchev–Trinajstić information content (AvgIpc) is 3.52. The van der Waals surface area contributed by atoms with Gasteiger partial charge in [-0.15, -0.1) is 9.60 Å². The van der Waals surface area contributed by atoms with E-state index in [0.717, 1.165) is 31.6 Å². The van der Waals surface area contributed by atoms with E-state index >= 15 is 0 Å². The van der Waals surface area contributed by atoms with Crippen molar-refractivity contribution in [3.8, 4) is 11.1 Å². The number of ether oxygens (including phenoxy) is 2. The number of aliphatic imine (C=N–C) groups is 1. The number of carbonyl (C=O) groups excluding carboxylic acids is 1. The molecule has 4 aliphatic rings. The fourth-order valence-corrected chi connectivity index (χ4v) is 6.86. The van der Waals surface area contributed by atoms with Crippen molar-refractivity contribution < 1.29 is 23.1 Å². The molecule has 3 unspecified atom stereocenters. The van der Waals surface area contributed by atoms with Crippen molar-refractivity contribution in [2.24, 2.45) is 10.4 Å². The number of hydrogen-bond donors (Lipinski definition) is 1. The molecule has 9 nitrogen and oxygen atoms in total. The first-order chi connectivity index (χ1) is 19.8. The van der Waals surface area contributed by atoms with E-state index in [9.17, 15) is 13.7 Å². The minimum Gasteiger partial charge on any atom is -0.479 e. The molecule has 1 amide bonds. The van der Waals surface area contributed by atoms with Crippen LogP contribution in [-0.2, 0) is 4.74 Å². The molecule has 3 aliphatic heterocycles. The maximum Gasteiger partial charge on any atom is 0.274 e. The number of dihydropyridines is 1. The van der Waals surface area contributed by atoms with Gasteiger partial charge in [-0.2, -0.15) is 5.26 Å². The van der Waals surface area contributed by atoms with Crippen LogP contribution in [0, 0.1) is 22.6 Å². The molecule has 1 N–H and O–H groups in total. The van der Waals surface area contributed by atoms with Gasteiger partial charge in [-0.05, 0) is 56.5 Å². The number of halogens is 2. The SMILES string of the molecule is CC#N.CCOC1N=CC=CC1c1nc(C(=O)NC2CCN(F)C2)c(OC2CC3(C2)CN(c2ccc(F)cc2)C3)s1. The summed E-state index contributed by atoms with van der Waals surface area (Å²) in [5.41, 5.74) is 1.45. The van der Waals surface area contributed by atoms with Gasteiger partial charge in [-0.25, -0.2) is 9.37 Å². The molecule has 1 spiro atoms. The number of carbonyl (C=O) groups is 1. The molecule has 1 aromatic carbocycles. The van der Waals surface area contributed by atoms with Crippen molar-refractivity contribution in [1.82, 2.24) is 15.4 Å². The lowest BCUT2D eigenvalue weighted by Gasteiger charge is -2.59. The molecule has 2 aromatic rings. The number of benzene rings is 1. The second-order valence-corrected chi connectivity index (χ2v) is 11.8. The largest absolute Gasteiger partial charge is 0.479 e. The van der Waals surface area contributed by atoms with Crippen LogP contribution in [0.25, 0.3) is 0 Å². The van der Waals surface area contributed by atoms with Crippen molar-refractivity contribution in [3.63, 3.8) is 0 Å². The highest BCUT2D eigenvalue weighted by Crippen LogP contribution is 2.51. The molecule has 41 heavy (non-hydrogen) atoms. The molecule has 0 radical (unpaired) electrons. The topological polar surface area (TPSA) is 103 Å². The van der Waals surface area contributed by atoms with Gasteiger partial charge in [-0.1, -0.05) is 17.4 Å². The zero-order valence-corrected chi connectivity index (χ0v) is 23.9. The van der Waals surface area contributed by atoms with E-state index in [1.807, 2.05) is 31.2 Å². The van der Waals surface area contributed by atoms with Gasteiger partial charge in [-0.3, -0.25) is 9.79 Å². The second kappa shape index (κ2) is 12.6. The fraction of sp³-hybridized carbons (Fsp3) is 0.517. The Labute approximate surface area is 242 Å². The minimum absolute atomic E-state index is 0.0133. The monoisotopic (exact) mass is 584 g/mol. The van der Waals surface area contributed by atoms with Gasteiger partial charge in [0.25, 0.3) is 5.91 Å². The van der Waals surface area contributed by atoms with Crippen LogP contribution in [-0.4, -0.2) is 73.4 Å². The van der Waals surface area contributed by atoms with E-state index in [4.69, 9.17) is 19.7 Å². The van der Waals surface area contributed by atoms with E-state index in [1.54, 1.807) is 12.3 Å². The van der Waals surface area contributed by atoms with Crippen molar-refractivity contribution in [1.29, 1.82) is 5.26 Å². The van der Waals surface area contributed by atoms with E-state index < -0.39 is 6.23 Å². The number of nitrogens with zero attached hydrogens (tertiary/aromatic N) is 5. The molecular formula is C29H34F2N6O3S. The first-order valence-corrected chi connectivity index (χ1v) is 14.7. The summed E-state index contributed by atoms with van der Waals surface area (Å²) >= 11 is 1.35. The zero-order chi connectivity index (χ0) is 29.0. The van der Waals surface area contributed by atoms with Crippen molar-refractivity contribution in [2.45, 2.75) is 57.4 Å². The van der Waals surface area contributed by atoms with E-state index in [1.165, 1.54) is 30.4 Å². The number of anilines is 1. The Balaban J connectivity index is 0.00000108.